The zero-order valence-corrected chi connectivity index (χ0v) is 33.8. The monoisotopic (exact) mass is 716 g/mol. The first-order chi connectivity index (χ1) is 24.1. The maximum atomic E-state index is 14.2. The van der Waals surface area contributed by atoms with Gasteiger partial charge in [-0.25, -0.2) is 0 Å². The lowest BCUT2D eigenvalue weighted by Crippen LogP contribution is -2.46. The van der Waals surface area contributed by atoms with Gasteiger partial charge in [0.2, 0.25) is 5.91 Å². The highest BCUT2D eigenvalue weighted by atomic mass is 32.2. The number of unbranched alkanes of at least 4 members (excludes halogenated alkanes) is 25. The lowest BCUT2D eigenvalue weighted by molar-refractivity contribution is -0.136. The Morgan fingerprint density at radius 2 is 1.04 bits per heavy atom. The normalized spacial score (nSPS) is 16.0. The summed E-state index contributed by atoms with van der Waals surface area (Å²) >= 11 is 7.37. The molecule has 1 aromatic carbocycles. The van der Waals surface area contributed by atoms with Gasteiger partial charge in [-0.3, -0.25) is 9.69 Å². The predicted molar refractivity (Wildman–Crippen MR) is 221 cm³/mol. The number of aliphatic hydroxyl groups excluding tert-OH is 1. The minimum absolute atomic E-state index is 0.0764. The first-order valence-electron chi connectivity index (χ1n) is 21.3. The van der Waals surface area contributed by atoms with Crippen molar-refractivity contribution >= 4 is 34.2 Å². The topological polar surface area (TPSA) is 40.5 Å². The molecule has 0 bridgehead atoms. The molecule has 2 rings (SSSR count). The second-order valence-corrected chi connectivity index (χ2v) is 16.9. The second-order valence-electron chi connectivity index (χ2n) is 15.2. The molecule has 1 heterocycles. The maximum absolute atomic E-state index is 14.2. The molecule has 49 heavy (non-hydrogen) atoms. The average molecular weight is 716 g/mol. The number of carbonyl (C=O) groups excluding carboxylic acids is 1. The molecule has 3 atom stereocenters. The van der Waals surface area contributed by atoms with E-state index in [4.69, 9.17) is 12.2 Å². The largest absolute Gasteiger partial charge is 0.392 e. The molecule has 1 fully saturated rings. The average Bonchev–Trinajstić information content (AvgIpc) is 3.47. The number of hydrogen-bond acceptors (Lipinski definition) is 4. The Hall–Kier alpha value is -0.910. The Kier molecular flexibility index (Phi) is 27.7. The molecule has 0 aliphatic carbocycles. The molecule has 0 radical (unpaired) electrons. The smallest absolute Gasteiger partial charge is 0.234 e. The predicted octanol–water partition coefficient (Wildman–Crippen LogP) is 13.8. The second kappa shape index (κ2) is 30.7. The Morgan fingerprint density at radius 3 is 1.47 bits per heavy atom. The zero-order chi connectivity index (χ0) is 35.2. The molecule has 0 spiro atoms. The summed E-state index contributed by atoms with van der Waals surface area (Å²) in [4.78, 5) is 16.1. The lowest BCUT2D eigenvalue weighted by atomic mass is 9.89. The maximum Gasteiger partial charge on any atom is 0.234 e. The van der Waals surface area contributed by atoms with Gasteiger partial charge >= 0.3 is 0 Å². The molecular formula is C44H77NO2S2. The van der Waals surface area contributed by atoms with Crippen LogP contribution in [0, 0.1) is 5.92 Å². The van der Waals surface area contributed by atoms with E-state index in [9.17, 15) is 9.90 Å². The van der Waals surface area contributed by atoms with Crippen molar-refractivity contribution in [2.75, 3.05) is 5.75 Å². The van der Waals surface area contributed by atoms with Crippen LogP contribution in [0.4, 0.5) is 0 Å². The van der Waals surface area contributed by atoms with Gasteiger partial charge < -0.3 is 5.11 Å². The van der Waals surface area contributed by atoms with Crippen LogP contribution in [0.2, 0.25) is 0 Å². The van der Waals surface area contributed by atoms with Gasteiger partial charge in [-0.2, -0.15) is 0 Å². The van der Waals surface area contributed by atoms with E-state index in [-0.39, 0.29) is 17.9 Å². The number of rotatable bonds is 33. The zero-order valence-electron chi connectivity index (χ0n) is 32.2. The molecule has 0 unspecified atom stereocenters. The van der Waals surface area contributed by atoms with Crippen LogP contribution in [-0.4, -0.2) is 38.1 Å². The molecule has 1 aliphatic heterocycles. The molecule has 1 amide bonds. The minimum atomic E-state index is -0.576. The van der Waals surface area contributed by atoms with Crippen LogP contribution in [0.25, 0.3) is 0 Å². The van der Waals surface area contributed by atoms with E-state index in [0.29, 0.717) is 4.32 Å². The Bertz CT molecular complexity index is 925. The summed E-state index contributed by atoms with van der Waals surface area (Å²) in [6.07, 6.45) is 37.5. The number of benzene rings is 1. The summed E-state index contributed by atoms with van der Waals surface area (Å²) in [5.41, 5.74) is 1.24. The molecule has 3 nitrogen and oxygen atoms in total. The number of aliphatic hydroxyl groups is 1. The van der Waals surface area contributed by atoms with E-state index >= 15 is 0 Å². The third kappa shape index (κ3) is 21.3. The van der Waals surface area contributed by atoms with E-state index in [0.717, 1.165) is 50.7 Å². The molecule has 282 valence electrons. The van der Waals surface area contributed by atoms with Gasteiger partial charge in [0, 0.05) is 5.75 Å². The van der Waals surface area contributed by atoms with Crippen molar-refractivity contribution in [2.45, 2.75) is 219 Å². The van der Waals surface area contributed by atoms with Crippen molar-refractivity contribution in [3.8, 4) is 0 Å². The SMILES string of the molecule is CCCCCCCCCCCCCCCCCC[C@H](C(=O)N1C(=S)SC[C@@H]1Cc1ccccc1)[C@H](O)CCCCCCCCCCCCC. The molecule has 5 heteroatoms. The molecular weight excluding hydrogens is 639 g/mol. The van der Waals surface area contributed by atoms with E-state index in [1.807, 2.05) is 11.0 Å². The first kappa shape index (κ1) is 44.3. The number of amides is 1. The lowest BCUT2D eigenvalue weighted by Gasteiger charge is -2.30. The fraction of sp³-hybridized carbons (Fsp3) is 0.818. The summed E-state index contributed by atoms with van der Waals surface area (Å²) in [7, 11) is 0. The minimum Gasteiger partial charge on any atom is -0.392 e. The Balaban J connectivity index is 1.72. The van der Waals surface area contributed by atoms with Crippen molar-refractivity contribution in [2.24, 2.45) is 5.92 Å². The number of thioether (sulfide) groups is 1. The van der Waals surface area contributed by atoms with Gasteiger partial charge in [-0.15, -0.1) is 0 Å². The molecule has 1 aliphatic rings. The summed E-state index contributed by atoms with van der Waals surface area (Å²) in [5.74, 6) is 0.581. The number of nitrogens with zero attached hydrogens (tertiary/aromatic N) is 1. The quantitative estimate of drug-likeness (QED) is 0.0581. The summed E-state index contributed by atoms with van der Waals surface area (Å²) in [5, 5.41) is 11.5. The van der Waals surface area contributed by atoms with Crippen molar-refractivity contribution in [1.82, 2.24) is 4.90 Å². The van der Waals surface area contributed by atoms with Crippen molar-refractivity contribution < 1.29 is 9.90 Å². The van der Waals surface area contributed by atoms with Gasteiger partial charge in [-0.1, -0.05) is 242 Å². The number of hydrogen-bond donors (Lipinski definition) is 1. The third-order valence-electron chi connectivity index (χ3n) is 10.8. The van der Waals surface area contributed by atoms with Crippen molar-refractivity contribution in [1.29, 1.82) is 0 Å². The van der Waals surface area contributed by atoms with E-state index < -0.39 is 6.10 Å². The standard InChI is InChI=1S/C44H77NO2S2/c1-3-5-7-9-11-13-15-16-17-18-19-21-22-24-26-31-35-41(42(46)36-32-27-25-23-20-14-12-10-8-6-4-2)43(47)45-40(38-49-44(45)48)37-39-33-29-28-30-34-39/h28-30,33-34,40-42,46H,3-27,31-32,35-38H2,1-2H3/t40-,41-,42+/m0/s1. The highest BCUT2D eigenvalue weighted by Crippen LogP contribution is 2.32. The molecule has 1 saturated heterocycles. The highest BCUT2D eigenvalue weighted by Gasteiger charge is 2.39. The van der Waals surface area contributed by atoms with Crippen LogP contribution < -0.4 is 0 Å². The van der Waals surface area contributed by atoms with Gasteiger partial charge in [0.1, 0.15) is 4.32 Å². The van der Waals surface area contributed by atoms with E-state index in [1.54, 1.807) is 11.8 Å². The van der Waals surface area contributed by atoms with E-state index in [1.165, 1.54) is 153 Å². The molecule has 0 saturated carbocycles. The Morgan fingerprint density at radius 1 is 0.653 bits per heavy atom. The van der Waals surface area contributed by atoms with Gasteiger partial charge in [0.25, 0.3) is 0 Å². The van der Waals surface area contributed by atoms with Gasteiger partial charge in [0.15, 0.2) is 0 Å². The van der Waals surface area contributed by atoms with Crippen LogP contribution in [0.15, 0.2) is 30.3 Å². The fourth-order valence-corrected chi connectivity index (χ4v) is 8.98. The first-order valence-corrected chi connectivity index (χ1v) is 22.7. The van der Waals surface area contributed by atoms with Crippen LogP contribution in [0.5, 0.6) is 0 Å². The third-order valence-corrected chi connectivity index (χ3v) is 12.3. The van der Waals surface area contributed by atoms with E-state index in [2.05, 4.69) is 38.1 Å². The van der Waals surface area contributed by atoms with Crippen LogP contribution >= 0.6 is 24.0 Å². The number of thiocarbonyl (C=S) groups is 1. The van der Waals surface area contributed by atoms with Crippen LogP contribution in [0.1, 0.15) is 206 Å². The van der Waals surface area contributed by atoms with Crippen molar-refractivity contribution in [3.63, 3.8) is 0 Å². The highest BCUT2D eigenvalue weighted by molar-refractivity contribution is 8.23. The molecule has 0 aromatic heterocycles. The van der Waals surface area contributed by atoms with Crippen molar-refractivity contribution in [3.05, 3.63) is 35.9 Å². The Labute approximate surface area is 313 Å². The fourth-order valence-electron chi connectivity index (χ4n) is 7.56. The summed E-state index contributed by atoms with van der Waals surface area (Å²) < 4.78 is 0.699. The number of carbonyl (C=O) groups is 1. The summed E-state index contributed by atoms with van der Waals surface area (Å²) in [6.45, 7) is 4.57. The molecule has 1 N–H and O–H groups in total. The van der Waals surface area contributed by atoms with Gasteiger partial charge in [0.05, 0.1) is 18.1 Å². The van der Waals surface area contributed by atoms with Crippen LogP contribution in [0.3, 0.4) is 0 Å². The molecule has 1 aromatic rings. The van der Waals surface area contributed by atoms with Gasteiger partial charge in [-0.05, 0) is 24.8 Å². The summed E-state index contributed by atoms with van der Waals surface area (Å²) in [6, 6.07) is 10.5. The van der Waals surface area contributed by atoms with Crippen LogP contribution in [-0.2, 0) is 11.2 Å².